The summed E-state index contributed by atoms with van der Waals surface area (Å²) < 4.78 is 0. The standard InChI is InChI=1S/C10H9N7O/c18-10(11-5-9-14-16-17-15-9)6-1-2-8-7(3-6)4-12-13-8/h1-4H,5H2,(H,11,18)(H,12,13)(H,14,15,16,17). The molecule has 0 saturated heterocycles. The zero-order chi connectivity index (χ0) is 12.4. The smallest absolute Gasteiger partial charge is 0.251 e. The quantitative estimate of drug-likeness (QED) is 0.599. The van der Waals surface area contributed by atoms with E-state index in [0.717, 1.165) is 10.9 Å². The second-order valence-corrected chi connectivity index (χ2v) is 3.68. The molecule has 18 heavy (non-hydrogen) atoms. The molecule has 3 rings (SSSR count). The first-order valence-corrected chi connectivity index (χ1v) is 5.26. The van der Waals surface area contributed by atoms with Crippen molar-refractivity contribution in [3.05, 3.63) is 35.8 Å². The first-order valence-electron chi connectivity index (χ1n) is 5.26. The number of aromatic amines is 2. The third-order valence-electron chi connectivity index (χ3n) is 2.50. The van der Waals surface area contributed by atoms with Gasteiger partial charge in [-0.3, -0.25) is 9.89 Å². The van der Waals surface area contributed by atoms with Crippen LogP contribution in [0.25, 0.3) is 10.9 Å². The minimum Gasteiger partial charge on any atom is -0.345 e. The van der Waals surface area contributed by atoms with Crippen molar-refractivity contribution in [2.45, 2.75) is 6.54 Å². The van der Waals surface area contributed by atoms with E-state index in [1.165, 1.54) is 0 Å². The van der Waals surface area contributed by atoms with Gasteiger partial charge in [0, 0.05) is 10.9 Å². The maximum Gasteiger partial charge on any atom is 0.251 e. The Hall–Kier alpha value is -2.77. The Morgan fingerprint density at radius 3 is 3.17 bits per heavy atom. The predicted molar refractivity (Wildman–Crippen MR) is 61.4 cm³/mol. The fourth-order valence-corrected chi connectivity index (χ4v) is 1.60. The van der Waals surface area contributed by atoms with Gasteiger partial charge in [0.25, 0.3) is 5.91 Å². The number of amides is 1. The lowest BCUT2D eigenvalue weighted by Crippen LogP contribution is -2.23. The van der Waals surface area contributed by atoms with E-state index in [2.05, 4.69) is 36.1 Å². The molecular formula is C10H9N7O. The summed E-state index contributed by atoms with van der Waals surface area (Å²) in [6.07, 6.45) is 1.67. The summed E-state index contributed by atoms with van der Waals surface area (Å²) in [7, 11) is 0. The molecule has 8 nitrogen and oxygen atoms in total. The molecule has 0 aliphatic heterocycles. The Bertz CT molecular complexity index is 672. The van der Waals surface area contributed by atoms with E-state index in [1.807, 2.05) is 6.07 Å². The minimum atomic E-state index is -0.192. The highest BCUT2D eigenvalue weighted by molar-refractivity contribution is 5.97. The van der Waals surface area contributed by atoms with Gasteiger partial charge in [-0.05, 0) is 18.2 Å². The number of rotatable bonds is 3. The molecule has 0 spiro atoms. The van der Waals surface area contributed by atoms with Crippen molar-refractivity contribution in [3.63, 3.8) is 0 Å². The number of nitrogens with one attached hydrogen (secondary N) is 3. The predicted octanol–water partition coefficient (Wildman–Crippen LogP) is 0.00600. The Balaban J connectivity index is 1.75. The van der Waals surface area contributed by atoms with Gasteiger partial charge in [-0.2, -0.15) is 10.3 Å². The summed E-state index contributed by atoms with van der Waals surface area (Å²) in [4.78, 5) is 11.9. The van der Waals surface area contributed by atoms with Gasteiger partial charge >= 0.3 is 0 Å². The molecule has 0 aliphatic carbocycles. The van der Waals surface area contributed by atoms with Crippen LogP contribution in [0, 0.1) is 0 Å². The van der Waals surface area contributed by atoms with Crippen molar-refractivity contribution in [2.75, 3.05) is 0 Å². The lowest BCUT2D eigenvalue weighted by atomic mass is 10.1. The molecule has 3 aromatic rings. The molecule has 0 fully saturated rings. The number of carbonyl (C=O) groups is 1. The van der Waals surface area contributed by atoms with Gasteiger partial charge in [0.05, 0.1) is 18.3 Å². The second kappa shape index (κ2) is 4.24. The van der Waals surface area contributed by atoms with Crippen molar-refractivity contribution in [1.29, 1.82) is 0 Å². The van der Waals surface area contributed by atoms with Crippen LogP contribution in [0.15, 0.2) is 24.4 Å². The average molecular weight is 243 g/mol. The summed E-state index contributed by atoms with van der Waals surface area (Å²) in [5.41, 5.74) is 1.46. The van der Waals surface area contributed by atoms with Crippen LogP contribution in [0.4, 0.5) is 0 Å². The van der Waals surface area contributed by atoms with E-state index in [0.29, 0.717) is 11.4 Å². The number of H-pyrrole nitrogens is 2. The lowest BCUT2D eigenvalue weighted by Gasteiger charge is -2.02. The van der Waals surface area contributed by atoms with Crippen molar-refractivity contribution in [2.24, 2.45) is 0 Å². The molecule has 90 valence electrons. The van der Waals surface area contributed by atoms with Crippen molar-refractivity contribution < 1.29 is 4.79 Å². The fraction of sp³-hybridized carbons (Fsp3) is 0.100. The van der Waals surface area contributed by atoms with Crippen LogP contribution >= 0.6 is 0 Å². The van der Waals surface area contributed by atoms with Crippen LogP contribution in [0.1, 0.15) is 16.2 Å². The third kappa shape index (κ3) is 1.90. The molecular weight excluding hydrogens is 234 g/mol. The molecule has 1 amide bonds. The topological polar surface area (TPSA) is 112 Å². The first-order chi connectivity index (χ1) is 8.83. The Labute approximate surface area is 101 Å². The SMILES string of the molecule is O=C(NCc1nn[nH]n1)c1ccc2[nH]ncc2c1. The summed E-state index contributed by atoms with van der Waals surface area (Å²) in [5, 5.41) is 23.5. The molecule has 2 heterocycles. The van der Waals surface area contributed by atoms with Crippen LogP contribution in [0.5, 0.6) is 0 Å². The van der Waals surface area contributed by atoms with Crippen LogP contribution in [-0.4, -0.2) is 36.7 Å². The summed E-state index contributed by atoms with van der Waals surface area (Å²) >= 11 is 0. The van der Waals surface area contributed by atoms with Crippen LogP contribution < -0.4 is 5.32 Å². The molecule has 0 bridgehead atoms. The Morgan fingerprint density at radius 1 is 1.39 bits per heavy atom. The average Bonchev–Trinajstić information content (AvgIpc) is 3.05. The molecule has 0 unspecified atom stereocenters. The molecule has 0 aliphatic rings. The fourth-order valence-electron chi connectivity index (χ4n) is 1.60. The zero-order valence-electron chi connectivity index (χ0n) is 9.21. The molecule has 8 heteroatoms. The van der Waals surface area contributed by atoms with Crippen LogP contribution in [0.3, 0.4) is 0 Å². The van der Waals surface area contributed by atoms with Gasteiger partial charge < -0.3 is 5.32 Å². The maximum atomic E-state index is 11.9. The second-order valence-electron chi connectivity index (χ2n) is 3.68. The number of benzene rings is 1. The van der Waals surface area contributed by atoms with Crippen molar-refractivity contribution >= 4 is 16.8 Å². The summed E-state index contributed by atoms with van der Waals surface area (Å²) in [6, 6.07) is 5.31. The first kappa shape index (κ1) is 10.4. The molecule has 3 N–H and O–H groups in total. The molecule has 1 aromatic carbocycles. The number of carbonyl (C=O) groups excluding carboxylic acids is 1. The van der Waals surface area contributed by atoms with E-state index < -0.39 is 0 Å². The van der Waals surface area contributed by atoms with Gasteiger partial charge in [-0.15, -0.1) is 10.2 Å². The van der Waals surface area contributed by atoms with Gasteiger partial charge in [0.15, 0.2) is 5.82 Å². The molecule has 0 radical (unpaired) electrons. The van der Waals surface area contributed by atoms with E-state index in [-0.39, 0.29) is 12.5 Å². The summed E-state index contributed by atoms with van der Waals surface area (Å²) in [5.74, 6) is 0.246. The molecule has 2 aromatic heterocycles. The number of hydrogen-bond donors (Lipinski definition) is 3. The number of hydrogen-bond acceptors (Lipinski definition) is 5. The van der Waals surface area contributed by atoms with E-state index in [1.54, 1.807) is 18.3 Å². The Morgan fingerprint density at radius 2 is 2.33 bits per heavy atom. The third-order valence-corrected chi connectivity index (χ3v) is 2.50. The number of fused-ring (bicyclic) bond motifs is 1. The van der Waals surface area contributed by atoms with E-state index in [9.17, 15) is 4.79 Å². The van der Waals surface area contributed by atoms with Crippen molar-refractivity contribution in [1.82, 2.24) is 36.1 Å². The highest BCUT2D eigenvalue weighted by Gasteiger charge is 2.08. The normalized spacial score (nSPS) is 10.7. The van der Waals surface area contributed by atoms with Crippen molar-refractivity contribution in [3.8, 4) is 0 Å². The summed E-state index contributed by atoms with van der Waals surface area (Å²) in [6.45, 7) is 0.235. The monoisotopic (exact) mass is 243 g/mol. The molecule has 0 atom stereocenters. The van der Waals surface area contributed by atoms with E-state index >= 15 is 0 Å². The zero-order valence-corrected chi connectivity index (χ0v) is 9.21. The Kier molecular flexibility index (Phi) is 2.45. The van der Waals surface area contributed by atoms with Crippen LogP contribution in [-0.2, 0) is 6.54 Å². The highest BCUT2D eigenvalue weighted by Crippen LogP contribution is 2.12. The van der Waals surface area contributed by atoms with Crippen LogP contribution in [0.2, 0.25) is 0 Å². The van der Waals surface area contributed by atoms with E-state index in [4.69, 9.17) is 0 Å². The largest absolute Gasteiger partial charge is 0.345 e. The number of aromatic nitrogens is 6. The van der Waals surface area contributed by atoms with Gasteiger partial charge in [-0.25, -0.2) is 0 Å². The minimum absolute atomic E-state index is 0.192. The number of nitrogens with zero attached hydrogens (tertiary/aromatic N) is 4. The maximum absolute atomic E-state index is 11.9. The molecule has 0 saturated carbocycles. The lowest BCUT2D eigenvalue weighted by molar-refractivity contribution is 0.0950. The van der Waals surface area contributed by atoms with Gasteiger partial charge in [-0.1, -0.05) is 5.21 Å². The highest BCUT2D eigenvalue weighted by atomic mass is 16.1. The number of tetrazole rings is 1. The van der Waals surface area contributed by atoms with Gasteiger partial charge in [0.1, 0.15) is 0 Å². The van der Waals surface area contributed by atoms with Gasteiger partial charge in [0.2, 0.25) is 0 Å².